The smallest absolute Gasteiger partial charge is 0.338 e. The van der Waals surface area contributed by atoms with Crippen molar-refractivity contribution in [2.24, 2.45) is 17.8 Å². The minimum Gasteiger partial charge on any atom is -0.462 e. The Morgan fingerprint density at radius 2 is 1.58 bits per heavy atom. The second-order valence-electron chi connectivity index (χ2n) is 9.04. The first-order valence-electron chi connectivity index (χ1n) is 11.4. The number of ether oxygens (including phenoxy) is 1. The Hall–Kier alpha value is -1.93. The van der Waals surface area contributed by atoms with Crippen LogP contribution in [-0.2, 0) is 19.6 Å². The SMILES string of the molecule is CCOC(=O)c1ccc(S(=O)(=O)N2CCC(C(=O)N(C)C(C3CC3)C3CC3)CC2)cc1. The summed E-state index contributed by atoms with van der Waals surface area (Å²) in [5.41, 5.74) is 0.328. The molecule has 1 aromatic rings. The van der Waals surface area contributed by atoms with E-state index in [4.69, 9.17) is 4.74 Å². The number of nitrogens with zero attached hydrogens (tertiary/aromatic N) is 2. The van der Waals surface area contributed by atoms with Crippen LogP contribution >= 0.6 is 0 Å². The predicted molar refractivity (Wildman–Crippen MR) is 116 cm³/mol. The maximum Gasteiger partial charge on any atom is 0.338 e. The van der Waals surface area contributed by atoms with E-state index in [2.05, 4.69) is 0 Å². The molecule has 1 aliphatic heterocycles. The fourth-order valence-corrected chi connectivity index (χ4v) is 6.27. The zero-order valence-corrected chi connectivity index (χ0v) is 19.1. The normalized spacial score (nSPS) is 20.6. The average Bonchev–Trinajstić information content (AvgIpc) is 3.69. The van der Waals surface area contributed by atoms with E-state index in [0.717, 1.165) is 0 Å². The number of hydrogen-bond acceptors (Lipinski definition) is 5. The number of hydrogen-bond donors (Lipinski definition) is 0. The summed E-state index contributed by atoms with van der Waals surface area (Å²) in [5, 5.41) is 0. The van der Waals surface area contributed by atoms with Gasteiger partial charge in [-0.2, -0.15) is 4.31 Å². The van der Waals surface area contributed by atoms with Crippen molar-refractivity contribution < 1.29 is 22.7 Å². The van der Waals surface area contributed by atoms with E-state index < -0.39 is 16.0 Å². The molecular weight excluding hydrogens is 416 g/mol. The summed E-state index contributed by atoms with van der Waals surface area (Å²) < 4.78 is 32.4. The first kappa shape index (κ1) is 22.3. The monoisotopic (exact) mass is 448 g/mol. The van der Waals surface area contributed by atoms with Gasteiger partial charge in [0.1, 0.15) is 0 Å². The van der Waals surface area contributed by atoms with Crippen molar-refractivity contribution in [3.63, 3.8) is 0 Å². The molecule has 0 unspecified atom stereocenters. The molecule has 8 heteroatoms. The van der Waals surface area contributed by atoms with Gasteiger partial charge in [-0.1, -0.05) is 0 Å². The first-order valence-corrected chi connectivity index (χ1v) is 12.8. The van der Waals surface area contributed by atoms with Crippen molar-refractivity contribution in [3.8, 4) is 0 Å². The van der Waals surface area contributed by atoms with Gasteiger partial charge >= 0.3 is 5.97 Å². The number of piperidine rings is 1. The maximum absolute atomic E-state index is 13.1. The zero-order valence-electron chi connectivity index (χ0n) is 18.3. The molecule has 0 radical (unpaired) electrons. The predicted octanol–water partition coefficient (Wildman–Crippen LogP) is 2.91. The van der Waals surface area contributed by atoms with Crippen LogP contribution in [0.2, 0.25) is 0 Å². The van der Waals surface area contributed by atoms with E-state index in [1.165, 1.54) is 54.3 Å². The summed E-state index contributed by atoms with van der Waals surface area (Å²) in [5.74, 6) is 0.937. The van der Waals surface area contributed by atoms with Crippen LogP contribution in [0.1, 0.15) is 55.8 Å². The highest BCUT2D eigenvalue weighted by atomic mass is 32.2. The number of benzene rings is 1. The number of carbonyl (C=O) groups is 2. The van der Waals surface area contributed by atoms with Gasteiger partial charge < -0.3 is 9.64 Å². The molecule has 0 aromatic heterocycles. The van der Waals surface area contributed by atoms with Crippen LogP contribution in [0.4, 0.5) is 0 Å². The molecule has 1 aromatic carbocycles. The highest BCUT2D eigenvalue weighted by Crippen LogP contribution is 2.47. The van der Waals surface area contributed by atoms with Crippen LogP contribution in [0.15, 0.2) is 29.2 Å². The fraction of sp³-hybridized carbons (Fsp3) is 0.652. The quantitative estimate of drug-likeness (QED) is 0.571. The average molecular weight is 449 g/mol. The standard InChI is InChI=1S/C23H32N2O5S/c1-3-30-23(27)19-8-10-20(11-9-19)31(28,29)25-14-12-18(13-15-25)22(26)24(2)21(16-4-5-16)17-6-7-17/h8-11,16-18,21H,3-7,12-15H2,1-2H3. The molecule has 0 atom stereocenters. The van der Waals surface area contributed by atoms with Gasteiger partial charge in [0.2, 0.25) is 15.9 Å². The van der Waals surface area contributed by atoms with Crippen molar-refractivity contribution >= 4 is 21.9 Å². The molecule has 1 amide bonds. The molecule has 1 heterocycles. The highest BCUT2D eigenvalue weighted by molar-refractivity contribution is 7.89. The lowest BCUT2D eigenvalue weighted by Gasteiger charge is -2.35. The summed E-state index contributed by atoms with van der Waals surface area (Å²) in [6, 6.07) is 6.23. The van der Waals surface area contributed by atoms with Gasteiger partial charge in [-0.3, -0.25) is 4.79 Å². The number of rotatable bonds is 8. The van der Waals surface area contributed by atoms with E-state index in [1.807, 2.05) is 11.9 Å². The van der Waals surface area contributed by atoms with Gasteiger partial charge in [0.25, 0.3) is 0 Å². The van der Waals surface area contributed by atoms with Gasteiger partial charge in [-0.25, -0.2) is 13.2 Å². The van der Waals surface area contributed by atoms with E-state index in [0.29, 0.717) is 49.4 Å². The number of sulfonamides is 1. The first-order chi connectivity index (χ1) is 14.8. The Balaban J connectivity index is 1.36. The summed E-state index contributed by atoms with van der Waals surface area (Å²) in [6.07, 6.45) is 6.00. The Bertz CT molecular complexity index is 902. The molecule has 0 bridgehead atoms. The van der Waals surface area contributed by atoms with Crippen molar-refractivity contribution in [2.45, 2.75) is 56.4 Å². The lowest BCUT2D eigenvalue weighted by atomic mass is 9.95. The van der Waals surface area contributed by atoms with Gasteiger partial charge in [0.05, 0.1) is 17.1 Å². The van der Waals surface area contributed by atoms with Crippen molar-refractivity contribution in [3.05, 3.63) is 29.8 Å². The summed E-state index contributed by atoms with van der Waals surface area (Å²) >= 11 is 0. The molecule has 3 aliphatic rings. The molecule has 4 rings (SSSR count). The second-order valence-corrected chi connectivity index (χ2v) is 11.0. The Labute approximate surface area is 184 Å². The molecule has 31 heavy (non-hydrogen) atoms. The van der Waals surface area contributed by atoms with Crippen LogP contribution in [-0.4, -0.2) is 62.3 Å². The third-order valence-corrected chi connectivity index (χ3v) is 8.72. The molecular formula is C23H32N2O5S. The Kier molecular flexibility index (Phi) is 6.40. The van der Waals surface area contributed by atoms with Crippen LogP contribution in [0, 0.1) is 17.8 Å². The lowest BCUT2D eigenvalue weighted by Crippen LogP contribution is -2.47. The van der Waals surface area contributed by atoms with Gasteiger partial charge in [0, 0.05) is 32.1 Å². The molecule has 3 fully saturated rings. The maximum atomic E-state index is 13.1. The van der Waals surface area contributed by atoms with Gasteiger partial charge in [0.15, 0.2) is 0 Å². The highest BCUT2D eigenvalue weighted by Gasteiger charge is 2.46. The molecule has 7 nitrogen and oxygen atoms in total. The lowest BCUT2D eigenvalue weighted by molar-refractivity contribution is -0.138. The third kappa shape index (κ3) is 4.80. The van der Waals surface area contributed by atoms with E-state index in [1.54, 1.807) is 6.92 Å². The molecule has 170 valence electrons. The third-order valence-electron chi connectivity index (χ3n) is 6.81. The summed E-state index contributed by atoms with van der Waals surface area (Å²) in [4.78, 5) is 27.0. The molecule has 1 saturated heterocycles. The fourth-order valence-electron chi connectivity index (χ4n) is 4.80. The van der Waals surface area contributed by atoms with Crippen LogP contribution in [0.5, 0.6) is 0 Å². The van der Waals surface area contributed by atoms with E-state index in [9.17, 15) is 18.0 Å². The van der Waals surface area contributed by atoms with Gasteiger partial charge in [-0.05, 0) is 81.5 Å². The number of carbonyl (C=O) groups excluding carboxylic acids is 2. The minimum atomic E-state index is -3.65. The van der Waals surface area contributed by atoms with Crippen molar-refractivity contribution in [1.82, 2.24) is 9.21 Å². The Morgan fingerprint density at radius 1 is 1.03 bits per heavy atom. The molecule has 0 spiro atoms. The van der Waals surface area contributed by atoms with Crippen molar-refractivity contribution in [2.75, 3.05) is 26.7 Å². The van der Waals surface area contributed by atoms with Crippen LogP contribution in [0.3, 0.4) is 0 Å². The number of amides is 1. The summed E-state index contributed by atoms with van der Waals surface area (Å²) in [7, 11) is -1.71. The Morgan fingerprint density at radius 3 is 2.06 bits per heavy atom. The summed E-state index contributed by atoms with van der Waals surface area (Å²) in [6.45, 7) is 2.66. The van der Waals surface area contributed by atoms with E-state index >= 15 is 0 Å². The van der Waals surface area contributed by atoms with Crippen LogP contribution in [0.25, 0.3) is 0 Å². The van der Waals surface area contributed by atoms with Gasteiger partial charge in [-0.15, -0.1) is 0 Å². The van der Waals surface area contributed by atoms with E-state index in [-0.39, 0.29) is 23.3 Å². The van der Waals surface area contributed by atoms with Crippen molar-refractivity contribution in [1.29, 1.82) is 0 Å². The minimum absolute atomic E-state index is 0.109. The topological polar surface area (TPSA) is 84.0 Å². The molecule has 2 saturated carbocycles. The molecule has 2 aliphatic carbocycles. The van der Waals surface area contributed by atoms with Crippen LogP contribution < -0.4 is 0 Å². The molecule has 0 N–H and O–H groups in total. The zero-order chi connectivity index (χ0) is 22.2. The largest absolute Gasteiger partial charge is 0.462 e. The number of esters is 1. The second kappa shape index (κ2) is 8.90.